The summed E-state index contributed by atoms with van der Waals surface area (Å²) in [6.07, 6.45) is 12.6. The molecule has 0 N–H and O–H groups in total. The monoisotopic (exact) mass is 148 g/mol. The highest BCUT2D eigenvalue weighted by Crippen LogP contribution is 2.18. The quantitative estimate of drug-likeness (QED) is 0.536. The fourth-order valence-electron chi connectivity index (χ4n) is 1.21. The van der Waals surface area contributed by atoms with Crippen LogP contribution in [0, 0.1) is 0 Å². The lowest BCUT2D eigenvalue weighted by molar-refractivity contribution is 0.813. The highest BCUT2D eigenvalue weighted by Gasteiger charge is 1.98. The second kappa shape index (κ2) is 4.17. The van der Waals surface area contributed by atoms with Gasteiger partial charge < -0.3 is 0 Å². The lowest BCUT2D eigenvalue weighted by Gasteiger charge is -1.96. The van der Waals surface area contributed by atoms with Crippen LogP contribution >= 0.6 is 0 Å². The van der Waals surface area contributed by atoms with Gasteiger partial charge in [-0.25, -0.2) is 0 Å². The second-order valence-corrected chi connectivity index (χ2v) is 3.01. The van der Waals surface area contributed by atoms with Gasteiger partial charge in [0.25, 0.3) is 0 Å². The van der Waals surface area contributed by atoms with Gasteiger partial charge in [-0.3, -0.25) is 0 Å². The normalized spacial score (nSPS) is 19.5. The minimum absolute atomic E-state index is 1.22. The second-order valence-electron chi connectivity index (χ2n) is 3.01. The minimum Gasteiger partial charge on any atom is -0.0770 e. The van der Waals surface area contributed by atoms with Crippen LogP contribution in [0.1, 0.15) is 33.1 Å². The van der Waals surface area contributed by atoms with Crippen molar-refractivity contribution in [1.29, 1.82) is 0 Å². The Kier molecular flexibility index (Phi) is 3.15. The van der Waals surface area contributed by atoms with E-state index < -0.39 is 0 Å². The Labute approximate surface area is 69.3 Å². The molecule has 1 rings (SSSR count). The van der Waals surface area contributed by atoms with Crippen molar-refractivity contribution in [2.24, 2.45) is 0 Å². The number of hydrogen-bond donors (Lipinski definition) is 0. The van der Waals surface area contributed by atoms with E-state index in [4.69, 9.17) is 0 Å². The van der Waals surface area contributed by atoms with E-state index in [1.54, 1.807) is 0 Å². The Morgan fingerprint density at radius 2 is 2.27 bits per heavy atom. The van der Waals surface area contributed by atoms with Crippen LogP contribution in [-0.2, 0) is 0 Å². The third-order valence-corrected chi connectivity index (χ3v) is 2.00. The van der Waals surface area contributed by atoms with Gasteiger partial charge in [-0.2, -0.15) is 0 Å². The highest BCUT2D eigenvalue weighted by molar-refractivity contribution is 5.46. The van der Waals surface area contributed by atoms with Crippen molar-refractivity contribution in [2.75, 3.05) is 0 Å². The molecule has 0 aliphatic heterocycles. The fourth-order valence-corrected chi connectivity index (χ4v) is 1.21. The number of rotatable bonds is 3. The maximum absolute atomic E-state index is 2.33. The first-order chi connectivity index (χ1) is 5.34. The molecule has 0 bridgehead atoms. The van der Waals surface area contributed by atoms with E-state index in [-0.39, 0.29) is 0 Å². The van der Waals surface area contributed by atoms with Gasteiger partial charge in [0.05, 0.1) is 0 Å². The number of allylic oxidation sites excluding steroid dienone is 6. The molecule has 0 atom stereocenters. The van der Waals surface area contributed by atoms with Gasteiger partial charge in [0.15, 0.2) is 0 Å². The van der Waals surface area contributed by atoms with Gasteiger partial charge in [-0.05, 0) is 24.5 Å². The maximum atomic E-state index is 2.33. The molecule has 0 amide bonds. The molecule has 11 heavy (non-hydrogen) atoms. The van der Waals surface area contributed by atoms with Crippen LogP contribution in [0.2, 0.25) is 0 Å². The molecular weight excluding hydrogens is 132 g/mol. The summed E-state index contributed by atoms with van der Waals surface area (Å²) < 4.78 is 0. The summed E-state index contributed by atoms with van der Waals surface area (Å²) in [6, 6.07) is 0. The smallest absolute Gasteiger partial charge is 0.0267 e. The Hall–Kier alpha value is -0.780. The van der Waals surface area contributed by atoms with Gasteiger partial charge in [-0.1, -0.05) is 44.1 Å². The molecule has 0 saturated heterocycles. The van der Waals surface area contributed by atoms with Gasteiger partial charge in [-0.15, -0.1) is 0 Å². The molecule has 0 aromatic carbocycles. The molecule has 0 heterocycles. The summed E-state index contributed by atoms with van der Waals surface area (Å²) >= 11 is 0. The van der Waals surface area contributed by atoms with Gasteiger partial charge in [0.2, 0.25) is 0 Å². The van der Waals surface area contributed by atoms with Crippen LogP contribution in [-0.4, -0.2) is 0 Å². The zero-order valence-electron chi connectivity index (χ0n) is 7.43. The zero-order chi connectivity index (χ0) is 8.10. The average Bonchev–Trinajstić information content (AvgIpc) is 2.37. The Bertz CT molecular complexity index is 204. The Morgan fingerprint density at radius 1 is 1.45 bits per heavy atom. The third kappa shape index (κ3) is 2.38. The van der Waals surface area contributed by atoms with E-state index in [1.165, 1.54) is 30.4 Å². The van der Waals surface area contributed by atoms with Gasteiger partial charge in [0, 0.05) is 0 Å². The zero-order valence-corrected chi connectivity index (χ0v) is 7.43. The van der Waals surface area contributed by atoms with Crippen LogP contribution in [0.15, 0.2) is 35.5 Å². The average molecular weight is 148 g/mol. The minimum atomic E-state index is 1.22. The molecule has 0 nitrogen and oxygen atoms in total. The van der Waals surface area contributed by atoms with Crippen molar-refractivity contribution >= 4 is 0 Å². The molecular formula is C11H16. The first-order valence-electron chi connectivity index (χ1n) is 4.40. The maximum Gasteiger partial charge on any atom is -0.0267 e. The molecule has 0 aromatic heterocycles. The van der Waals surface area contributed by atoms with Crippen LogP contribution in [0.5, 0.6) is 0 Å². The molecule has 60 valence electrons. The molecule has 0 heteroatoms. The van der Waals surface area contributed by atoms with Crippen molar-refractivity contribution in [3.05, 3.63) is 35.5 Å². The topological polar surface area (TPSA) is 0 Å². The van der Waals surface area contributed by atoms with Crippen LogP contribution in [0.4, 0.5) is 0 Å². The Balaban J connectivity index is 2.41. The predicted molar refractivity (Wildman–Crippen MR) is 50.5 cm³/mol. The first-order valence-corrected chi connectivity index (χ1v) is 4.40. The molecule has 1 aliphatic carbocycles. The summed E-state index contributed by atoms with van der Waals surface area (Å²) in [5.74, 6) is 0. The molecule has 0 fully saturated rings. The molecule has 0 unspecified atom stereocenters. The fraction of sp³-hybridized carbons (Fsp3) is 0.455. The predicted octanol–water partition coefficient (Wildman–Crippen LogP) is 3.62. The van der Waals surface area contributed by atoms with E-state index in [1.807, 2.05) is 0 Å². The summed E-state index contributed by atoms with van der Waals surface area (Å²) in [7, 11) is 0. The van der Waals surface area contributed by atoms with Gasteiger partial charge >= 0.3 is 0 Å². The van der Waals surface area contributed by atoms with Gasteiger partial charge in [0.1, 0.15) is 0 Å². The van der Waals surface area contributed by atoms with E-state index in [9.17, 15) is 0 Å². The SMILES string of the molecule is CCCCC=C1C=CC=C1C. The van der Waals surface area contributed by atoms with E-state index in [2.05, 4.69) is 38.2 Å². The molecule has 0 saturated carbocycles. The first kappa shape index (κ1) is 8.32. The lowest BCUT2D eigenvalue weighted by Crippen LogP contribution is -1.76. The van der Waals surface area contributed by atoms with Crippen LogP contribution in [0.25, 0.3) is 0 Å². The largest absolute Gasteiger partial charge is 0.0770 e. The highest BCUT2D eigenvalue weighted by atomic mass is 14.0. The summed E-state index contributed by atoms with van der Waals surface area (Å²) in [5, 5.41) is 0. The lowest BCUT2D eigenvalue weighted by atomic mass is 10.1. The van der Waals surface area contributed by atoms with Crippen molar-refractivity contribution in [2.45, 2.75) is 33.1 Å². The van der Waals surface area contributed by atoms with Crippen molar-refractivity contribution in [1.82, 2.24) is 0 Å². The molecule has 0 aromatic rings. The van der Waals surface area contributed by atoms with Crippen LogP contribution < -0.4 is 0 Å². The van der Waals surface area contributed by atoms with E-state index in [0.717, 1.165) is 0 Å². The third-order valence-electron chi connectivity index (χ3n) is 2.00. The van der Waals surface area contributed by atoms with E-state index in [0.29, 0.717) is 0 Å². The molecule has 1 aliphatic rings. The Morgan fingerprint density at radius 3 is 2.82 bits per heavy atom. The summed E-state index contributed by atoms with van der Waals surface area (Å²) in [5.41, 5.74) is 2.82. The van der Waals surface area contributed by atoms with Crippen molar-refractivity contribution < 1.29 is 0 Å². The van der Waals surface area contributed by atoms with E-state index >= 15 is 0 Å². The van der Waals surface area contributed by atoms with Crippen molar-refractivity contribution in [3.8, 4) is 0 Å². The number of unbranched alkanes of at least 4 members (excludes halogenated alkanes) is 2. The number of hydrogen-bond acceptors (Lipinski definition) is 0. The van der Waals surface area contributed by atoms with Crippen LogP contribution in [0.3, 0.4) is 0 Å². The molecule has 0 spiro atoms. The summed E-state index contributed by atoms with van der Waals surface area (Å²) in [6.45, 7) is 4.39. The standard InChI is InChI=1S/C11H16/c1-3-4-5-8-11-9-6-7-10(11)2/h6-9H,3-5H2,1-2H3. The molecule has 0 radical (unpaired) electrons. The summed E-state index contributed by atoms with van der Waals surface area (Å²) in [4.78, 5) is 0. The van der Waals surface area contributed by atoms with Crippen molar-refractivity contribution in [3.63, 3.8) is 0 Å².